The lowest BCUT2D eigenvalue weighted by Crippen LogP contribution is -2.55. The van der Waals surface area contributed by atoms with Crippen LogP contribution in [0.3, 0.4) is 0 Å². The standard InChI is InChI=1S/C19H28N4O4S/c1-10(2)11(3)20-13(5)17(24)22-14-7-8-23(9-15(14)27-6)19-21-12(4)16(28-19)18(25)26/h14-15H,7-9H2,1-6H3,(H,22,24)(H,25,26)/t14?,15-/m0/s1. The first-order chi connectivity index (χ1) is 13.1. The smallest absolute Gasteiger partial charge is 0.347 e. The number of carbonyl (C=O) groups is 2. The summed E-state index contributed by atoms with van der Waals surface area (Å²) in [6.45, 7) is 10.4. The summed E-state index contributed by atoms with van der Waals surface area (Å²) in [7, 11) is 1.61. The Morgan fingerprint density at radius 1 is 1.32 bits per heavy atom. The number of allylic oxidation sites excluding steroid dienone is 2. The van der Waals surface area contributed by atoms with Gasteiger partial charge in [-0.3, -0.25) is 9.79 Å². The lowest BCUT2D eigenvalue weighted by molar-refractivity contribution is -0.116. The number of rotatable bonds is 6. The highest BCUT2D eigenvalue weighted by molar-refractivity contribution is 7.17. The molecule has 28 heavy (non-hydrogen) atoms. The topological polar surface area (TPSA) is 104 Å². The quantitative estimate of drug-likeness (QED) is 0.701. The van der Waals surface area contributed by atoms with Crippen molar-refractivity contribution in [2.75, 3.05) is 25.1 Å². The number of carbonyl (C=O) groups excluding carboxylic acids is 1. The van der Waals surface area contributed by atoms with Crippen LogP contribution in [0.15, 0.2) is 16.3 Å². The van der Waals surface area contributed by atoms with E-state index in [-0.39, 0.29) is 22.9 Å². The van der Waals surface area contributed by atoms with Gasteiger partial charge < -0.3 is 20.1 Å². The summed E-state index contributed by atoms with van der Waals surface area (Å²) in [4.78, 5) is 34.8. The van der Waals surface area contributed by atoms with Gasteiger partial charge in [0, 0.05) is 25.9 Å². The number of carboxylic acid groups (broad SMARTS) is 1. The zero-order chi connectivity index (χ0) is 21.0. The van der Waals surface area contributed by atoms with E-state index in [4.69, 9.17) is 4.74 Å². The fourth-order valence-corrected chi connectivity index (χ4v) is 3.84. The third-order valence-electron chi connectivity index (χ3n) is 4.82. The molecule has 1 unspecified atom stereocenters. The van der Waals surface area contributed by atoms with Crippen molar-refractivity contribution in [2.24, 2.45) is 4.99 Å². The molecule has 1 aliphatic rings. The molecular weight excluding hydrogens is 380 g/mol. The van der Waals surface area contributed by atoms with E-state index in [2.05, 4.69) is 15.3 Å². The number of nitrogens with one attached hydrogen (secondary N) is 1. The van der Waals surface area contributed by atoms with Crippen molar-refractivity contribution in [2.45, 2.75) is 53.2 Å². The van der Waals surface area contributed by atoms with Crippen molar-refractivity contribution in [1.82, 2.24) is 10.3 Å². The van der Waals surface area contributed by atoms with Crippen molar-refractivity contribution in [3.8, 4) is 0 Å². The molecule has 0 radical (unpaired) electrons. The van der Waals surface area contributed by atoms with Gasteiger partial charge in [0.05, 0.1) is 17.8 Å². The van der Waals surface area contributed by atoms with Crippen molar-refractivity contribution in [1.29, 1.82) is 0 Å². The summed E-state index contributed by atoms with van der Waals surface area (Å²) in [6.07, 6.45) is 0.438. The minimum absolute atomic E-state index is 0.147. The first-order valence-corrected chi connectivity index (χ1v) is 9.94. The maximum atomic E-state index is 12.5. The molecule has 0 saturated carbocycles. The molecule has 2 rings (SSSR count). The Balaban J connectivity index is 2.07. The summed E-state index contributed by atoms with van der Waals surface area (Å²) in [5.41, 5.74) is 2.82. The largest absolute Gasteiger partial charge is 0.477 e. The minimum atomic E-state index is -0.965. The Morgan fingerprint density at radius 3 is 2.54 bits per heavy atom. The molecule has 2 heterocycles. The molecule has 2 N–H and O–H groups in total. The number of ether oxygens (including phenoxy) is 1. The molecule has 1 fully saturated rings. The van der Waals surface area contributed by atoms with E-state index in [0.717, 1.165) is 22.6 Å². The molecule has 1 aromatic heterocycles. The molecule has 2 atom stereocenters. The molecule has 0 bridgehead atoms. The molecular formula is C19H28N4O4S. The average molecular weight is 409 g/mol. The van der Waals surface area contributed by atoms with Crippen LogP contribution in [0.25, 0.3) is 0 Å². The van der Waals surface area contributed by atoms with Crippen molar-refractivity contribution in [3.05, 3.63) is 21.8 Å². The molecule has 0 spiro atoms. The van der Waals surface area contributed by atoms with Crippen LogP contribution in [0.1, 0.15) is 49.5 Å². The summed E-state index contributed by atoms with van der Waals surface area (Å²) < 4.78 is 5.59. The van der Waals surface area contributed by atoms with Crippen molar-refractivity contribution >= 4 is 34.1 Å². The third-order valence-corrected chi connectivity index (χ3v) is 6.02. The van der Waals surface area contributed by atoms with Crippen molar-refractivity contribution < 1.29 is 19.4 Å². The van der Waals surface area contributed by atoms with Crippen LogP contribution in [-0.2, 0) is 9.53 Å². The number of carboxylic acids is 1. The van der Waals surface area contributed by atoms with E-state index in [0.29, 0.717) is 36.0 Å². The first kappa shape index (κ1) is 22.0. The fraction of sp³-hybridized carbons (Fsp3) is 0.579. The minimum Gasteiger partial charge on any atom is -0.477 e. The first-order valence-electron chi connectivity index (χ1n) is 9.12. The number of amides is 1. The summed E-state index contributed by atoms with van der Waals surface area (Å²) in [6, 6.07) is -0.147. The molecule has 1 aromatic rings. The van der Waals surface area contributed by atoms with Gasteiger partial charge >= 0.3 is 5.97 Å². The number of anilines is 1. The van der Waals surface area contributed by atoms with Crippen LogP contribution in [-0.4, -0.2) is 60.0 Å². The second-order valence-corrected chi connectivity index (χ2v) is 8.07. The van der Waals surface area contributed by atoms with Gasteiger partial charge in [-0.1, -0.05) is 16.9 Å². The number of hydrogen-bond acceptors (Lipinski definition) is 7. The number of hydrogen-bond donors (Lipinski definition) is 2. The predicted octanol–water partition coefficient (Wildman–Crippen LogP) is 2.63. The predicted molar refractivity (Wildman–Crippen MR) is 111 cm³/mol. The van der Waals surface area contributed by atoms with Gasteiger partial charge in [0.1, 0.15) is 10.6 Å². The van der Waals surface area contributed by atoms with Crippen LogP contribution < -0.4 is 10.2 Å². The lowest BCUT2D eigenvalue weighted by atomic mass is 10.0. The van der Waals surface area contributed by atoms with Crippen LogP contribution >= 0.6 is 11.3 Å². The summed E-state index contributed by atoms with van der Waals surface area (Å²) in [5, 5.41) is 12.9. The molecule has 8 nitrogen and oxygen atoms in total. The van der Waals surface area contributed by atoms with E-state index in [1.165, 1.54) is 0 Å². The number of aryl methyl sites for hydroxylation is 1. The number of aromatic carboxylic acids is 1. The molecule has 154 valence electrons. The Morgan fingerprint density at radius 2 is 2.00 bits per heavy atom. The van der Waals surface area contributed by atoms with Gasteiger partial charge in [0.15, 0.2) is 5.13 Å². The molecule has 1 saturated heterocycles. The SMILES string of the molecule is CO[C@H]1CN(c2nc(C)c(C(=O)O)s2)CCC1NC(=O)C(C)=NC(C)=C(C)C. The second-order valence-electron chi connectivity index (χ2n) is 7.09. The highest BCUT2D eigenvalue weighted by Crippen LogP contribution is 2.29. The fourth-order valence-electron chi connectivity index (χ4n) is 2.90. The van der Waals surface area contributed by atoms with E-state index < -0.39 is 5.97 Å². The number of aromatic nitrogens is 1. The van der Waals surface area contributed by atoms with Gasteiger partial charge in [0.25, 0.3) is 5.91 Å². The Labute approximate surface area is 169 Å². The van der Waals surface area contributed by atoms with Crippen LogP contribution in [0, 0.1) is 6.92 Å². The van der Waals surface area contributed by atoms with Gasteiger partial charge in [-0.15, -0.1) is 0 Å². The lowest BCUT2D eigenvalue weighted by Gasteiger charge is -2.37. The van der Waals surface area contributed by atoms with Crippen LogP contribution in [0.2, 0.25) is 0 Å². The molecule has 1 aliphatic heterocycles. The molecule has 1 amide bonds. The van der Waals surface area contributed by atoms with E-state index >= 15 is 0 Å². The normalized spacial score (nSPS) is 20.1. The van der Waals surface area contributed by atoms with Gasteiger partial charge in [-0.05, 0) is 41.0 Å². The number of piperidine rings is 1. The highest BCUT2D eigenvalue weighted by atomic mass is 32.1. The zero-order valence-corrected chi connectivity index (χ0v) is 18.0. The van der Waals surface area contributed by atoms with E-state index in [1.54, 1.807) is 21.0 Å². The summed E-state index contributed by atoms with van der Waals surface area (Å²) in [5.74, 6) is -1.17. The third kappa shape index (κ3) is 5.17. The zero-order valence-electron chi connectivity index (χ0n) is 17.2. The van der Waals surface area contributed by atoms with Gasteiger partial charge in [-0.2, -0.15) is 0 Å². The van der Waals surface area contributed by atoms with Crippen LogP contribution in [0.4, 0.5) is 5.13 Å². The van der Waals surface area contributed by atoms with E-state index in [9.17, 15) is 14.7 Å². The highest BCUT2D eigenvalue weighted by Gasteiger charge is 2.32. The molecule has 9 heteroatoms. The maximum absolute atomic E-state index is 12.5. The monoisotopic (exact) mass is 408 g/mol. The maximum Gasteiger partial charge on any atom is 0.347 e. The number of thiazole rings is 1. The van der Waals surface area contributed by atoms with Gasteiger partial charge in [0.2, 0.25) is 0 Å². The summed E-state index contributed by atoms with van der Waals surface area (Å²) >= 11 is 1.16. The number of nitrogens with zero attached hydrogens (tertiary/aromatic N) is 3. The Kier molecular flexibility index (Phi) is 7.31. The molecule has 0 aromatic carbocycles. The van der Waals surface area contributed by atoms with Gasteiger partial charge in [-0.25, -0.2) is 9.78 Å². The van der Waals surface area contributed by atoms with Crippen LogP contribution in [0.5, 0.6) is 0 Å². The Hall–Kier alpha value is -2.26. The van der Waals surface area contributed by atoms with Crippen molar-refractivity contribution in [3.63, 3.8) is 0 Å². The Bertz CT molecular complexity index is 811. The molecule has 0 aliphatic carbocycles. The second kappa shape index (κ2) is 9.29. The van der Waals surface area contributed by atoms with E-state index in [1.807, 2.05) is 25.7 Å². The average Bonchev–Trinajstić information content (AvgIpc) is 3.03. The number of aliphatic imine (C=N–C) groups is 1. The number of methoxy groups -OCH3 is 1.